The first-order valence-corrected chi connectivity index (χ1v) is 6.90. The number of hydrazine groups is 1. The first kappa shape index (κ1) is 16.2. The zero-order valence-electron chi connectivity index (χ0n) is 13.5. The van der Waals surface area contributed by atoms with Gasteiger partial charge in [-0.15, -0.1) is 0 Å². The number of aryl methyl sites for hydroxylation is 3. The molecule has 0 aromatic heterocycles. The summed E-state index contributed by atoms with van der Waals surface area (Å²) in [7, 11) is 4.19. The highest BCUT2D eigenvalue weighted by atomic mass is 15.3. The summed E-state index contributed by atoms with van der Waals surface area (Å²) >= 11 is 0. The average Bonchev–Trinajstić information content (AvgIpc) is 2.27. The fraction of sp³-hybridized carbons (Fsp3) is 0.625. The average molecular weight is 263 g/mol. The summed E-state index contributed by atoms with van der Waals surface area (Å²) in [5.41, 5.74) is 8.43. The fourth-order valence-electron chi connectivity index (χ4n) is 2.56. The highest BCUT2D eigenvalue weighted by Gasteiger charge is 2.31. The maximum absolute atomic E-state index is 5.80. The summed E-state index contributed by atoms with van der Waals surface area (Å²) in [5, 5.41) is 0. The van der Waals surface area contributed by atoms with Crippen LogP contribution in [0.2, 0.25) is 0 Å². The van der Waals surface area contributed by atoms with Crippen LogP contribution in [-0.4, -0.2) is 30.6 Å². The van der Waals surface area contributed by atoms with Crippen LogP contribution < -0.4 is 11.3 Å². The molecule has 1 aromatic carbocycles. The maximum Gasteiger partial charge on any atom is 0.0429 e. The summed E-state index contributed by atoms with van der Waals surface area (Å²) in [5.74, 6) is 5.80. The van der Waals surface area contributed by atoms with Crippen molar-refractivity contribution in [1.82, 2.24) is 10.3 Å². The minimum absolute atomic E-state index is 0.00147. The van der Waals surface area contributed by atoms with Gasteiger partial charge in [0.05, 0.1) is 0 Å². The lowest BCUT2D eigenvalue weighted by molar-refractivity contribution is 0.137. The number of nitrogens with two attached hydrogens (primary N) is 1. The largest absolute Gasteiger partial charge is 0.303 e. The van der Waals surface area contributed by atoms with Gasteiger partial charge in [-0.05, 0) is 71.8 Å². The Morgan fingerprint density at radius 3 is 2.00 bits per heavy atom. The summed E-state index contributed by atoms with van der Waals surface area (Å²) in [6.45, 7) is 11.0. The van der Waals surface area contributed by atoms with E-state index in [1.54, 1.807) is 0 Å². The van der Waals surface area contributed by atoms with Crippen molar-refractivity contribution < 1.29 is 0 Å². The van der Waals surface area contributed by atoms with Crippen molar-refractivity contribution in [3.63, 3.8) is 0 Å². The van der Waals surface area contributed by atoms with E-state index in [-0.39, 0.29) is 11.6 Å². The van der Waals surface area contributed by atoms with Crippen molar-refractivity contribution in [2.75, 3.05) is 14.1 Å². The van der Waals surface area contributed by atoms with E-state index in [4.69, 9.17) is 5.84 Å². The van der Waals surface area contributed by atoms with Gasteiger partial charge in [0.1, 0.15) is 0 Å². The second kappa shape index (κ2) is 6.04. The maximum atomic E-state index is 5.80. The van der Waals surface area contributed by atoms with E-state index < -0.39 is 0 Å². The Kier molecular flexibility index (Phi) is 5.13. The molecule has 0 radical (unpaired) electrons. The van der Waals surface area contributed by atoms with Gasteiger partial charge in [-0.1, -0.05) is 17.7 Å². The molecule has 0 saturated heterocycles. The van der Waals surface area contributed by atoms with Crippen LogP contribution >= 0.6 is 0 Å². The molecule has 1 unspecified atom stereocenters. The Morgan fingerprint density at radius 1 is 1.16 bits per heavy atom. The van der Waals surface area contributed by atoms with Crippen LogP contribution in [0.25, 0.3) is 0 Å². The van der Waals surface area contributed by atoms with Crippen molar-refractivity contribution in [2.45, 2.75) is 52.6 Å². The van der Waals surface area contributed by atoms with E-state index in [9.17, 15) is 0 Å². The van der Waals surface area contributed by atoms with Crippen LogP contribution in [0, 0.1) is 20.8 Å². The van der Waals surface area contributed by atoms with E-state index in [1.807, 2.05) is 0 Å². The van der Waals surface area contributed by atoms with Crippen molar-refractivity contribution in [3.8, 4) is 0 Å². The van der Waals surface area contributed by atoms with Crippen molar-refractivity contribution in [2.24, 2.45) is 5.84 Å². The second-order valence-electron chi connectivity index (χ2n) is 6.35. The van der Waals surface area contributed by atoms with Gasteiger partial charge in [0.2, 0.25) is 0 Å². The Morgan fingerprint density at radius 2 is 1.63 bits per heavy atom. The molecule has 0 aliphatic carbocycles. The van der Waals surface area contributed by atoms with Gasteiger partial charge in [-0.25, -0.2) is 0 Å². The Labute approximate surface area is 118 Å². The van der Waals surface area contributed by atoms with Crippen LogP contribution in [0.5, 0.6) is 0 Å². The van der Waals surface area contributed by atoms with Gasteiger partial charge >= 0.3 is 0 Å². The summed E-state index contributed by atoms with van der Waals surface area (Å²) < 4.78 is 0. The smallest absolute Gasteiger partial charge is 0.0429 e. The standard InChI is InChI=1S/C16H29N3/c1-11-8-12(2)14(13(3)9-11)10-15(18-17)16(4,5)19(6)7/h8-9,15,18H,10,17H2,1-7H3. The van der Waals surface area contributed by atoms with Crippen molar-refractivity contribution in [3.05, 3.63) is 34.4 Å². The second-order valence-corrected chi connectivity index (χ2v) is 6.35. The normalized spacial score (nSPS) is 13.9. The number of benzene rings is 1. The van der Waals surface area contributed by atoms with E-state index in [2.05, 4.69) is 71.2 Å². The molecule has 3 heteroatoms. The number of likely N-dealkylation sites (N-methyl/N-ethyl adjacent to an activating group) is 1. The van der Waals surface area contributed by atoms with Gasteiger partial charge in [0.25, 0.3) is 0 Å². The lowest BCUT2D eigenvalue weighted by Crippen LogP contribution is -2.58. The molecule has 0 saturated carbocycles. The molecule has 1 aromatic rings. The van der Waals surface area contributed by atoms with Crippen LogP contribution in [0.4, 0.5) is 0 Å². The van der Waals surface area contributed by atoms with E-state index in [0.717, 1.165) is 6.42 Å². The highest BCUT2D eigenvalue weighted by Crippen LogP contribution is 2.23. The molecule has 0 aliphatic heterocycles. The topological polar surface area (TPSA) is 41.3 Å². The molecular weight excluding hydrogens is 234 g/mol. The van der Waals surface area contributed by atoms with E-state index in [1.165, 1.54) is 22.3 Å². The van der Waals surface area contributed by atoms with Crippen molar-refractivity contribution in [1.29, 1.82) is 0 Å². The third-order valence-electron chi connectivity index (χ3n) is 4.46. The summed E-state index contributed by atoms with van der Waals surface area (Å²) in [6, 6.07) is 4.71. The number of nitrogens with one attached hydrogen (secondary N) is 1. The SMILES string of the molecule is Cc1cc(C)c(CC(NN)C(C)(C)N(C)C)c(C)c1. The Balaban J connectivity index is 3.07. The predicted molar refractivity (Wildman–Crippen MR) is 83.2 cm³/mol. The predicted octanol–water partition coefficient (Wildman–Crippen LogP) is 2.33. The molecule has 0 bridgehead atoms. The number of hydrogen-bond acceptors (Lipinski definition) is 3. The molecule has 3 nitrogen and oxygen atoms in total. The lowest BCUT2D eigenvalue weighted by atomic mass is 9.85. The molecule has 0 aliphatic rings. The van der Waals surface area contributed by atoms with E-state index >= 15 is 0 Å². The number of nitrogens with zero attached hydrogens (tertiary/aromatic N) is 1. The molecule has 0 amide bonds. The third kappa shape index (κ3) is 3.56. The van der Waals surface area contributed by atoms with Crippen molar-refractivity contribution >= 4 is 0 Å². The third-order valence-corrected chi connectivity index (χ3v) is 4.46. The summed E-state index contributed by atoms with van der Waals surface area (Å²) in [6.07, 6.45) is 0.944. The zero-order chi connectivity index (χ0) is 14.8. The number of rotatable bonds is 5. The molecule has 0 spiro atoms. The van der Waals surface area contributed by atoms with Gasteiger partial charge in [-0.3, -0.25) is 11.3 Å². The van der Waals surface area contributed by atoms with Crippen LogP contribution in [-0.2, 0) is 6.42 Å². The Bertz CT molecular complexity index is 413. The minimum Gasteiger partial charge on any atom is -0.303 e. The Hall–Kier alpha value is -0.900. The van der Waals surface area contributed by atoms with Gasteiger partial charge < -0.3 is 4.90 Å². The molecule has 108 valence electrons. The van der Waals surface area contributed by atoms with Crippen LogP contribution in [0.3, 0.4) is 0 Å². The number of hydrogen-bond donors (Lipinski definition) is 2. The first-order valence-electron chi connectivity index (χ1n) is 6.90. The highest BCUT2D eigenvalue weighted by molar-refractivity contribution is 5.38. The first-order chi connectivity index (χ1) is 8.70. The molecule has 0 fully saturated rings. The monoisotopic (exact) mass is 263 g/mol. The molecule has 1 atom stereocenters. The van der Waals surface area contributed by atoms with Crippen LogP contribution in [0.1, 0.15) is 36.1 Å². The molecule has 19 heavy (non-hydrogen) atoms. The van der Waals surface area contributed by atoms with Crippen LogP contribution in [0.15, 0.2) is 12.1 Å². The molecular formula is C16H29N3. The van der Waals surface area contributed by atoms with Gasteiger partial charge in [0.15, 0.2) is 0 Å². The van der Waals surface area contributed by atoms with Gasteiger partial charge in [0, 0.05) is 11.6 Å². The molecule has 0 heterocycles. The lowest BCUT2D eigenvalue weighted by Gasteiger charge is -2.40. The van der Waals surface area contributed by atoms with E-state index in [0.29, 0.717) is 0 Å². The minimum atomic E-state index is -0.00147. The molecule has 3 N–H and O–H groups in total. The summed E-state index contributed by atoms with van der Waals surface area (Å²) in [4.78, 5) is 2.22. The zero-order valence-corrected chi connectivity index (χ0v) is 13.5. The fourth-order valence-corrected chi connectivity index (χ4v) is 2.56. The van der Waals surface area contributed by atoms with Gasteiger partial charge in [-0.2, -0.15) is 0 Å². The quantitative estimate of drug-likeness (QED) is 0.633. The molecule has 1 rings (SSSR count).